The smallest absolute Gasteiger partial charge is 0.0329 e. The van der Waals surface area contributed by atoms with Crippen LogP contribution in [0.25, 0.3) is 0 Å². The van der Waals surface area contributed by atoms with Crippen LogP contribution in [0.4, 0.5) is 0 Å². The molecule has 0 aliphatic heterocycles. The van der Waals surface area contributed by atoms with Crippen molar-refractivity contribution >= 4 is 0 Å². The van der Waals surface area contributed by atoms with Crippen molar-refractivity contribution in [1.29, 1.82) is 0 Å². The molecule has 0 saturated carbocycles. The van der Waals surface area contributed by atoms with E-state index in [1.54, 1.807) is 0 Å². The molecule has 0 heterocycles. The van der Waals surface area contributed by atoms with E-state index in [0.717, 1.165) is 5.92 Å². The SMILES string of the molecule is CCCCCCCCC(CCCCCCCC)C(C)(C)CC. The maximum absolute atomic E-state index is 2.51. The van der Waals surface area contributed by atoms with E-state index in [-0.39, 0.29) is 0 Å². The molecule has 0 aromatic rings. The third-order valence-electron chi connectivity index (χ3n) is 5.83. The van der Waals surface area contributed by atoms with Crippen molar-refractivity contribution in [2.24, 2.45) is 11.3 Å². The minimum Gasteiger partial charge on any atom is -0.0654 e. The molecule has 0 spiro atoms. The second kappa shape index (κ2) is 14.6. The van der Waals surface area contributed by atoms with Crippen LogP contribution in [0.15, 0.2) is 0 Å². The average molecular weight is 311 g/mol. The van der Waals surface area contributed by atoms with Crippen molar-refractivity contribution in [3.8, 4) is 0 Å². The van der Waals surface area contributed by atoms with Gasteiger partial charge in [0.15, 0.2) is 0 Å². The quantitative estimate of drug-likeness (QED) is 0.250. The molecule has 0 heteroatoms. The van der Waals surface area contributed by atoms with Crippen molar-refractivity contribution in [2.75, 3.05) is 0 Å². The molecule has 0 fully saturated rings. The predicted octanol–water partition coefficient (Wildman–Crippen LogP) is 8.54. The Kier molecular flexibility index (Phi) is 14.6. The van der Waals surface area contributed by atoms with Gasteiger partial charge in [-0.1, -0.05) is 118 Å². The maximum Gasteiger partial charge on any atom is -0.0329 e. The minimum atomic E-state index is 0.548. The lowest BCUT2D eigenvalue weighted by Gasteiger charge is -2.34. The van der Waals surface area contributed by atoms with E-state index in [1.807, 2.05) is 0 Å². The normalized spacial score (nSPS) is 12.3. The highest BCUT2D eigenvalue weighted by atomic mass is 14.3. The second-order valence-electron chi connectivity index (χ2n) is 8.15. The van der Waals surface area contributed by atoms with Gasteiger partial charge < -0.3 is 0 Å². The van der Waals surface area contributed by atoms with Crippen LogP contribution >= 0.6 is 0 Å². The summed E-state index contributed by atoms with van der Waals surface area (Å²) in [5.41, 5.74) is 0.548. The van der Waals surface area contributed by atoms with Gasteiger partial charge in [-0.2, -0.15) is 0 Å². The standard InChI is InChI=1S/C22H46/c1-6-9-11-13-15-17-19-21(22(4,5)8-3)20-18-16-14-12-10-7-2/h21H,6-20H2,1-5H3. The lowest BCUT2D eigenvalue weighted by Crippen LogP contribution is -2.23. The molecule has 0 saturated heterocycles. The number of hydrogen-bond donors (Lipinski definition) is 0. The zero-order valence-electron chi connectivity index (χ0n) is 16.7. The van der Waals surface area contributed by atoms with E-state index in [0.29, 0.717) is 5.41 Å². The Balaban J connectivity index is 3.91. The summed E-state index contributed by atoms with van der Waals surface area (Å²) in [6, 6.07) is 0. The molecule has 0 atom stereocenters. The fourth-order valence-corrected chi connectivity index (χ4v) is 3.56. The fraction of sp³-hybridized carbons (Fsp3) is 1.00. The Morgan fingerprint density at radius 2 is 0.909 bits per heavy atom. The van der Waals surface area contributed by atoms with Gasteiger partial charge in [0.25, 0.3) is 0 Å². The highest BCUT2D eigenvalue weighted by Gasteiger charge is 2.26. The zero-order valence-corrected chi connectivity index (χ0v) is 16.7. The molecule has 22 heavy (non-hydrogen) atoms. The number of hydrogen-bond acceptors (Lipinski definition) is 0. The zero-order chi connectivity index (χ0) is 16.7. The van der Waals surface area contributed by atoms with Gasteiger partial charge in [-0.25, -0.2) is 0 Å². The molecule has 0 aromatic heterocycles. The summed E-state index contributed by atoms with van der Waals surface area (Å²) in [7, 11) is 0. The summed E-state index contributed by atoms with van der Waals surface area (Å²) in [6.07, 6.45) is 21.6. The second-order valence-corrected chi connectivity index (χ2v) is 8.15. The van der Waals surface area contributed by atoms with Crippen LogP contribution < -0.4 is 0 Å². The van der Waals surface area contributed by atoms with E-state index in [2.05, 4.69) is 34.6 Å². The van der Waals surface area contributed by atoms with Gasteiger partial charge in [0.2, 0.25) is 0 Å². The van der Waals surface area contributed by atoms with Gasteiger partial charge in [0.05, 0.1) is 0 Å². The van der Waals surface area contributed by atoms with Crippen molar-refractivity contribution < 1.29 is 0 Å². The van der Waals surface area contributed by atoms with Crippen molar-refractivity contribution in [3.05, 3.63) is 0 Å². The first-order chi connectivity index (χ1) is 10.6. The predicted molar refractivity (Wildman–Crippen MR) is 104 cm³/mol. The molecule has 0 aliphatic rings. The molecule has 0 rings (SSSR count). The first-order valence-corrected chi connectivity index (χ1v) is 10.6. The van der Waals surface area contributed by atoms with E-state index in [9.17, 15) is 0 Å². The molecule has 0 unspecified atom stereocenters. The number of rotatable bonds is 16. The Bertz CT molecular complexity index is 200. The van der Waals surface area contributed by atoms with Crippen LogP contribution in [-0.2, 0) is 0 Å². The lowest BCUT2D eigenvalue weighted by atomic mass is 9.72. The molecule has 0 nitrogen and oxygen atoms in total. The van der Waals surface area contributed by atoms with Crippen LogP contribution in [0, 0.1) is 11.3 Å². The summed E-state index contributed by atoms with van der Waals surface area (Å²) in [6.45, 7) is 12.0. The molecular weight excluding hydrogens is 264 g/mol. The van der Waals surface area contributed by atoms with Crippen LogP contribution in [0.3, 0.4) is 0 Å². The van der Waals surface area contributed by atoms with Gasteiger partial charge in [0, 0.05) is 0 Å². The van der Waals surface area contributed by atoms with Gasteiger partial charge in [-0.15, -0.1) is 0 Å². The van der Waals surface area contributed by atoms with E-state index >= 15 is 0 Å². The molecular formula is C22H46. The van der Waals surface area contributed by atoms with Gasteiger partial charge >= 0.3 is 0 Å². The largest absolute Gasteiger partial charge is 0.0654 e. The summed E-state index contributed by atoms with van der Waals surface area (Å²) in [5.74, 6) is 0.954. The molecule has 0 aliphatic carbocycles. The fourth-order valence-electron chi connectivity index (χ4n) is 3.56. The van der Waals surface area contributed by atoms with Gasteiger partial charge in [0.1, 0.15) is 0 Å². The lowest BCUT2D eigenvalue weighted by molar-refractivity contribution is 0.170. The highest BCUT2D eigenvalue weighted by Crippen LogP contribution is 2.37. The van der Waals surface area contributed by atoms with Crippen LogP contribution in [0.1, 0.15) is 131 Å². The molecule has 0 N–H and O–H groups in total. The Morgan fingerprint density at radius 3 is 1.27 bits per heavy atom. The number of unbranched alkanes of at least 4 members (excludes halogenated alkanes) is 10. The summed E-state index contributed by atoms with van der Waals surface area (Å²) in [4.78, 5) is 0. The Morgan fingerprint density at radius 1 is 0.545 bits per heavy atom. The minimum absolute atomic E-state index is 0.548. The molecule has 0 bridgehead atoms. The first kappa shape index (κ1) is 22.0. The van der Waals surface area contributed by atoms with Gasteiger partial charge in [-0.3, -0.25) is 0 Å². The van der Waals surface area contributed by atoms with Crippen molar-refractivity contribution in [3.63, 3.8) is 0 Å². The maximum atomic E-state index is 2.51. The highest BCUT2D eigenvalue weighted by molar-refractivity contribution is 4.77. The summed E-state index contributed by atoms with van der Waals surface area (Å²) >= 11 is 0. The monoisotopic (exact) mass is 310 g/mol. The third-order valence-corrected chi connectivity index (χ3v) is 5.83. The molecule has 0 aromatic carbocycles. The van der Waals surface area contributed by atoms with Crippen LogP contribution in [0.2, 0.25) is 0 Å². The first-order valence-electron chi connectivity index (χ1n) is 10.6. The van der Waals surface area contributed by atoms with Crippen molar-refractivity contribution in [2.45, 2.75) is 131 Å². The Hall–Kier alpha value is 0. The molecule has 0 amide bonds. The Labute approximate surface area is 142 Å². The third kappa shape index (κ3) is 11.6. The van der Waals surface area contributed by atoms with E-state index in [1.165, 1.54) is 96.3 Å². The summed E-state index contributed by atoms with van der Waals surface area (Å²) in [5, 5.41) is 0. The molecule has 134 valence electrons. The average Bonchev–Trinajstić information content (AvgIpc) is 2.51. The van der Waals surface area contributed by atoms with Crippen LogP contribution in [-0.4, -0.2) is 0 Å². The van der Waals surface area contributed by atoms with Crippen molar-refractivity contribution in [1.82, 2.24) is 0 Å². The van der Waals surface area contributed by atoms with E-state index in [4.69, 9.17) is 0 Å². The molecule has 0 radical (unpaired) electrons. The van der Waals surface area contributed by atoms with Crippen LogP contribution in [0.5, 0.6) is 0 Å². The topological polar surface area (TPSA) is 0 Å². The van der Waals surface area contributed by atoms with Gasteiger partial charge in [-0.05, 0) is 24.2 Å². The summed E-state index contributed by atoms with van der Waals surface area (Å²) < 4.78 is 0. The van der Waals surface area contributed by atoms with E-state index < -0.39 is 0 Å².